The number of aliphatic hydroxyl groups excluding tert-OH is 1. The molecule has 1 fully saturated rings. The Balaban J connectivity index is 2.82. The van der Waals surface area contributed by atoms with E-state index in [1.54, 1.807) is 27.9 Å². The summed E-state index contributed by atoms with van der Waals surface area (Å²) in [6.07, 6.45) is 18.8. The summed E-state index contributed by atoms with van der Waals surface area (Å²) in [7, 11) is -2.25. The van der Waals surface area contributed by atoms with Crippen LogP contribution >= 0.6 is 0 Å². The number of carbonyl (C=O) groups is 3. The van der Waals surface area contributed by atoms with Crippen LogP contribution in [0, 0.1) is 0 Å². The van der Waals surface area contributed by atoms with Crippen molar-refractivity contribution in [1.29, 1.82) is 0 Å². The monoisotopic (exact) mass is 878 g/mol. The average Bonchev–Trinajstić information content (AvgIpc) is 3.19. The third-order valence-corrected chi connectivity index (χ3v) is 12.9. The van der Waals surface area contributed by atoms with Gasteiger partial charge in [-0.2, -0.15) is 4.31 Å². The molecule has 0 aromatic heterocycles. The van der Waals surface area contributed by atoms with Crippen LogP contribution < -0.4 is 0 Å². The Labute approximate surface area is 365 Å². The smallest absolute Gasteiger partial charge is 0.320 e. The molecular formula is C44H87N5O10S. The molecule has 1 N–H and O–H groups in total. The molecule has 15 nitrogen and oxygen atoms in total. The van der Waals surface area contributed by atoms with Crippen LogP contribution in [0.25, 0.3) is 0 Å². The van der Waals surface area contributed by atoms with Gasteiger partial charge in [-0.25, -0.2) is 8.42 Å². The van der Waals surface area contributed by atoms with E-state index in [4.69, 9.17) is 18.9 Å². The molecule has 0 amide bonds. The maximum atomic E-state index is 13.7. The third-order valence-electron chi connectivity index (χ3n) is 11.0. The lowest BCUT2D eigenvalue weighted by molar-refractivity contribution is -0.146. The number of methoxy groups -OCH3 is 1. The number of unbranched alkanes of at least 4 members (excludes halogenated alkanes) is 15. The van der Waals surface area contributed by atoms with E-state index in [2.05, 4.69) is 6.92 Å². The number of rotatable bonds is 34. The molecule has 1 aliphatic rings. The van der Waals surface area contributed by atoms with E-state index >= 15 is 0 Å². The normalized spacial score (nSPS) is 16.3. The standard InChI is InChI=1S/C44H87N5O10S/c1-6-10-11-12-13-14-15-16-17-18-19-20-21-22-23-24-25-49(34-35-56-5)60(54,55)40-41(50)36-45-26-28-46(37-42(51)57-7-2)30-32-48(39-44(53)59-9-4)33-31-47(29-27-45)38-43(52)58-8-3/h41,50H,6-40H2,1-5H3. The molecule has 1 atom stereocenters. The molecular weight excluding hydrogens is 791 g/mol. The van der Waals surface area contributed by atoms with Crippen LogP contribution in [0.4, 0.5) is 0 Å². The number of sulfonamides is 1. The Morgan fingerprint density at radius 3 is 1.20 bits per heavy atom. The van der Waals surface area contributed by atoms with Crippen LogP contribution in [0.2, 0.25) is 0 Å². The van der Waals surface area contributed by atoms with Gasteiger partial charge >= 0.3 is 17.9 Å². The van der Waals surface area contributed by atoms with E-state index in [0.29, 0.717) is 58.9 Å². The van der Waals surface area contributed by atoms with Gasteiger partial charge in [0, 0.05) is 79.1 Å². The van der Waals surface area contributed by atoms with Crippen molar-refractivity contribution >= 4 is 27.9 Å². The lowest BCUT2D eigenvalue weighted by atomic mass is 10.0. The fraction of sp³-hybridized carbons (Fsp3) is 0.932. The van der Waals surface area contributed by atoms with Gasteiger partial charge in [-0.3, -0.25) is 34.0 Å². The Kier molecular flexibility index (Phi) is 34.2. The summed E-state index contributed by atoms with van der Waals surface area (Å²) in [5, 5.41) is 11.3. The Morgan fingerprint density at radius 2 is 0.867 bits per heavy atom. The highest BCUT2D eigenvalue weighted by atomic mass is 32.2. The zero-order valence-corrected chi connectivity index (χ0v) is 39.4. The third kappa shape index (κ3) is 29.4. The zero-order chi connectivity index (χ0) is 44.3. The molecule has 0 aromatic carbocycles. The van der Waals surface area contributed by atoms with Gasteiger partial charge in [-0.15, -0.1) is 0 Å². The van der Waals surface area contributed by atoms with Crippen molar-refractivity contribution in [3.05, 3.63) is 0 Å². The largest absolute Gasteiger partial charge is 0.465 e. The molecule has 0 radical (unpaired) electrons. The van der Waals surface area contributed by atoms with Crippen LogP contribution in [-0.4, -0.2) is 192 Å². The van der Waals surface area contributed by atoms with Gasteiger partial charge < -0.3 is 24.1 Å². The number of aliphatic hydroxyl groups is 1. The minimum atomic E-state index is -3.80. The van der Waals surface area contributed by atoms with Gasteiger partial charge in [0.15, 0.2) is 0 Å². The zero-order valence-electron chi connectivity index (χ0n) is 38.6. The molecule has 354 valence electrons. The first-order chi connectivity index (χ1) is 29.0. The van der Waals surface area contributed by atoms with Gasteiger partial charge in [0.05, 0.1) is 57.9 Å². The maximum absolute atomic E-state index is 13.7. The van der Waals surface area contributed by atoms with Crippen LogP contribution in [0.5, 0.6) is 0 Å². The van der Waals surface area contributed by atoms with Gasteiger partial charge in [0.1, 0.15) is 0 Å². The fourth-order valence-corrected chi connectivity index (χ4v) is 9.08. The minimum Gasteiger partial charge on any atom is -0.465 e. The molecule has 1 rings (SSSR count). The highest BCUT2D eigenvalue weighted by Gasteiger charge is 2.28. The Bertz CT molecular complexity index is 1160. The Hall–Kier alpha value is -1.92. The summed E-state index contributed by atoms with van der Waals surface area (Å²) in [6.45, 7) is 13.0. The Morgan fingerprint density at radius 1 is 0.533 bits per heavy atom. The van der Waals surface area contributed by atoms with Crippen LogP contribution in [0.1, 0.15) is 130 Å². The van der Waals surface area contributed by atoms with E-state index in [9.17, 15) is 27.9 Å². The highest BCUT2D eigenvalue weighted by molar-refractivity contribution is 7.89. The van der Waals surface area contributed by atoms with E-state index in [-0.39, 0.29) is 77.1 Å². The van der Waals surface area contributed by atoms with Crippen molar-refractivity contribution < 1.29 is 46.9 Å². The number of nitrogens with zero attached hydrogens (tertiary/aromatic N) is 5. The quantitative estimate of drug-likeness (QED) is 0.0534. The molecule has 0 aromatic rings. The number of ether oxygens (including phenoxy) is 4. The molecule has 1 saturated heterocycles. The SMILES string of the molecule is CCCCCCCCCCCCCCCCCCN(CCOC)S(=O)(=O)CC(O)CN1CCN(CC(=O)OCC)CCN(CC(=O)OCC)CCN(CC(=O)OCC)CC1. The number of hydrogen-bond acceptors (Lipinski definition) is 14. The summed E-state index contributed by atoms with van der Waals surface area (Å²) >= 11 is 0. The van der Waals surface area contributed by atoms with E-state index in [0.717, 1.165) is 25.7 Å². The maximum Gasteiger partial charge on any atom is 0.320 e. The topological polar surface area (TPSA) is 159 Å². The summed E-state index contributed by atoms with van der Waals surface area (Å²) < 4.78 is 49.9. The molecule has 0 aliphatic carbocycles. The van der Waals surface area contributed by atoms with Crippen LogP contribution in [0.3, 0.4) is 0 Å². The van der Waals surface area contributed by atoms with Gasteiger partial charge in [0.25, 0.3) is 0 Å². The average molecular weight is 878 g/mol. The van der Waals surface area contributed by atoms with Crippen LogP contribution in [0.15, 0.2) is 0 Å². The minimum absolute atomic E-state index is 0.0503. The van der Waals surface area contributed by atoms with Crippen molar-refractivity contribution in [1.82, 2.24) is 23.9 Å². The van der Waals surface area contributed by atoms with Crippen molar-refractivity contribution in [2.24, 2.45) is 0 Å². The fourth-order valence-electron chi connectivity index (χ4n) is 7.52. The molecule has 0 spiro atoms. The summed E-state index contributed by atoms with van der Waals surface area (Å²) in [5.41, 5.74) is 0. The molecule has 16 heteroatoms. The number of hydrogen-bond donors (Lipinski definition) is 1. The number of carbonyl (C=O) groups excluding carboxylic acids is 3. The van der Waals surface area contributed by atoms with Gasteiger partial charge in [-0.05, 0) is 27.2 Å². The molecule has 0 bridgehead atoms. The van der Waals surface area contributed by atoms with E-state index < -0.39 is 21.9 Å². The van der Waals surface area contributed by atoms with Crippen molar-refractivity contribution in [3.8, 4) is 0 Å². The lowest BCUT2D eigenvalue weighted by Gasteiger charge is -2.34. The second-order valence-corrected chi connectivity index (χ2v) is 18.2. The summed E-state index contributed by atoms with van der Waals surface area (Å²) in [4.78, 5) is 45.5. The van der Waals surface area contributed by atoms with Crippen LogP contribution in [-0.2, 0) is 43.4 Å². The second-order valence-electron chi connectivity index (χ2n) is 16.2. The molecule has 1 unspecified atom stereocenters. The first-order valence-corrected chi connectivity index (χ1v) is 25.1. The van der Waals surface area contributed by atoms with E-state index in [1.165, 1.54) is 81.4 Å². The van der Waals surface area contributed by atoms with Gasteiger partial charge in [0.2, 0.25) is 10.0 Å². The number of β-amino-alcohol motifs (C(OH)–C–C–N with tert-alkyl or cyclic N) is 1. The second kappa shape index (κ2) is 36.6. The summed E-state index contributed by atoms with van der Waals surface area (Å²) in [5.74, 6) is -1.49. The van der Waals surface area contributed by atoms with Crippen molar-refractivity contribution in [2.45, 2.75) is 137 Å². The van der Waals surface area contributed by atoms with Crippen molar-refractivity contribution in [3.63, 3.8) is 0 Å². The summed E-state index contributed by atoms with van der Waals surface area (Å²) in [6, 6.07) is 0. The molecule has 60 heavy (non-hydrogen) atoms. The molecule has 0 saturated carbocycles. The predicted octanol–water partition coefficient (Wildman–Crippen LogP) is 4.80. The predicted molar refractivity (Wildman–Crippen MR) is 238 cm³/mol. The molecule has 1 aliphatic heterocycles. The first-order valence-electron chi connectivity index (χ1n) is 23.5. The van der Waals surface area contributed by atoms with Crippen molar-refractivity contribution in [2.75, 3.05) is 131 Å². The highest BCUT2D eigenvalue weighted by Crippen LogP contribution is 2.15. The number of esters is 3. The lowest BCUT2D eigenvalue weighted by Crippen LogP contribution is -2.50. The first kappa shape index (κ1) is 56.1. The molecule has 1 heterocycles. The van der Waals surface area contributed by atoms with E-state index in [1.807, 2.05) is 19.6 Å². The van der Waals surface area contributed by atoms with Gasteiger partial charge in [-0.1, -0.05) is 103 Å².